The molecule has 0 bridgehead atoms. The van der Waals surface area contributed by atoms with Gasteiger partial charge in [0.05, 0.1) is 0 Å². The van der Waals surface area contributed by atoms with Crippen molar-refractivity contribution in [2.45, 2.75) is 19.0 Å². The molecule has 1 rings (SSSR count). The number of nitrogens with one attached hydrogen (secondary N) is 1. The lowest BCUT2D eigenvalue weighted by molar-refractivity contribution is -0.145. The first-order valence-electron chi connectivity index (χ1n) is 4.52. The van der Waals surface area contributed by atoms with Crippen molar-refractivity contribution in [2.75, 3.05) is 19.6 Å². The van der Waals surface area contributed by atoms with Crippen LogP contribution in [0, 0.1) is 0 Å². The number of amides is 1. The molecule has 0 radical (unpaired) electrons. The predicted molar refractivity (Wildman–Crippen MR) is 49.7 cm³/mol. The van der Waals surface area contributed by atoms with Gasteiger partial charge in [0.1, 0.15) is 12.1 Å². The van der Waals surface area contributed by atoms with E-state index in [1.54, 1.807) is 11.8 Å². The number of aliphatic carboxylic acids is 1. The number of piperazine rings is 1. The Kier molecular flexibility index (Phi) is 3.43. The Bertz CT molecular complexity index is 244. The number of carbonyl (C=O) groups excluding carboxylic acids is 1. The van der Waals surface area contributed by atoms with Gasteiger partial charge in [0.15, 0.2) is 0 Å². The fourth-order valence-corrected chi connectivity index (χ4v) is 1.59. The van der Waals surface area contributed by atoms with Gasteiger partial charge in [0.2, 0.25) is 5.91 Å². The van der Waals surface area contributed by atoms with E-state index < -0.39 is 24.0 Å². The van der Waals surface area contributed by atoms with Crippen LogP contribution in [0.25, 0.3) is 0 Å². The van der Waals surface area contributed by atoms with Crippen molar-refractivity contribution in [3.8, 4) is 0 Å². The van der Waals surface area contributed by atoms with Crippen LogP contribution in [0.4, 0.5) is 0 Å². The van der Waals surface area contributed by atoms with Gasteiger partial charge in [-0.2, -0.15) is 0 Å². The Labute approximate surface area is 82.1 Å². The summed E-state index contributed by atoms with van der Waals surface area (Å²) in [6.07, 6.45) is 0. The highest BCUT2D eigenvalue weighted by Crippen LogP contribution is 2.08. The molecule has 0 saturated carbocycles. The molecule has 0 aromatic rings. The van der Waals surface area contributed by atoms with E-state index in [4.69, 9.17) is 10.8 Å². The molecule has 6 heteroatoms. The van der Waals surface area contributed by atoms with Gasteiger partial charge >= 0.3 is 5.97 Å². The first-order chi connectivity index (χ1) is 6.54. The van der Waals surface area contributed by atoms with Crippen LogP contribution in [0.15, 0.2) is 0 Å². The van der Waals surface area contributed by atoms with Crippen molar-refractivity contribution in [2.24, 2.45) is 5.73 Å². The average Bonchev–Trinajstić information content (AvgIpc) is 2.16. The van der Waals surface area contributed by atoms with Crippen LogP contribution in [0.3, 0.4) is 0 Å². The third-order valence-corrected chi connectivity index (χ3v) is 2.47. The van der Waals surface area contributed by atoms with Crippen LogP contribution in [0.5, 0.6) is 0 Å². The lowest BCUT2D eigenvalue weighted by atomic mass is 10.1. The molecule has 6 nitrogen and oxygen atoms in total. The molecule has 1 saturated heterocycles. The van der Waals surface area contributed by atoms with Gasteiger partial charge < -0.3 is 16.2 Å². The van der Waals surface area contributed by atoms with Crippen molar-refractivity contribution in [1.29, 1.82) is 0 Å². The molecule has 1 heterocycles. The number of primary amides is 1. The summed E-state index contributed by atoms with van der Waals surface area (Å²) in [5.74, 6) is -1.41. The van der Waals surface area contributed by atoms with Crippen molar-refractivity contribution in [3.05, 3.63) is 0 Å². The molecule has 1 aliphatic rings. The smallest absolute Gasteiger partial charge is 0.320 e. The molecule has 2 atom stereocenters. The Balaban J connectivity index is 2.72. The van der Waals surface area contributed by atoms with Crippen molar-refractivity contribution in [1.82, 2.24) is 10.2 Å². The summed E-state index contributed by atoms with van der Waals surface area (Å²) in [5, 5.41) is 11.8. The number of carbonyl (C=O) groups is 2. The van der Waals surface area contributed by atoms with Crippen LogP contribution < -0.4 is 11.1 Å². The minimum Gasteiger partial charge on any atom is -0.480 e. The summed E-state index contributed by atoms with van der Waals surface area (Å²) in [5.41, 5.74) is 5.18. The highest BCUT2D eigenvalue weighted by atomic mass is 16.4. The summed E-state index contributed by atoms with van der Waals surface area (Å²) < 4.78 is 0. The van der Waals surface area contributed by atoms with E-state index >= 15 is 0 Å². The van der Waals surface area contributed by atoms with Gasteiger partial charge in [-0.1, -0.05) is 0 Å². The van der Waals surface area contributed by atoms with E-state index in [2.05, 4.69) is 5.32 Å². The highest BCUT2D eigenvalue weighted by Gasteiger charge is 2.33. The standard InChI is InChI=1S/C8H15N3O3/c1-5(8(13)14)11-3-2-10-4-6(11)7(9)12/h5-6,10H,2-4H2,1H3,(H2,9,12)(H,13,14). The van der Waals surface area contributed by atoms with Crippen LogP contribution >= 0.6 is 0 Å². The zero-order valence-electron chi connectivity index (χ0n) is 8.06. The predicted octanol–water partition coefficient (Wildman–Crippen LogP) is -1.78. The molecule has 1 aliphatic heterocycles. The van der Waals surface area contributed by atoms with Crippen LogP contribution in [-0.4, -0.2) is 53.6 Å². The molecule has 14 heavy (non-hydrogen) atoms. The van der Waals surface area contributed by atoms with Crippen LogP contribution in [0.1, 0.15) is 6.92 Å². The van der Waals surface area contributed by atoms with Crippen molar-refractivity contribution in [3.63, 3.8) is 0 Å². The molecule has 1 amide bonds. The zero-order valence-corrected chi connectivity index (χ0v) is 8.06. The Hall–Kier alpha value is -1.14. The van der Waals surface area contributed by atoms with E-state index in [0.29, 0.717) is 19.6 Å². The molecule has 0 aromatic carbocycles. The summed E-state index contributed by atoms with van der Waals surface area (Å²) >= 11 is 0. The number of hydrogen-bond donors (Lipinski definition) is 3. The zero-order chi connectivity index (χ0) is 10.7. The topological polar surface area (TPSA) is 95.7 Å². The number of carboxylic acid groups (broad SMARTS) is 1. The third kappa shape index (κ3) is 2.21. The fourth-order valence-electron chi connectivity index (χ4n) is 1.59. The number of rotatable bonds is 3. The number of nitrogens with two attached hydrogens (primary N) is 1. The van der Waals surface area contributed by atoms with Gasteiger partial charge in [0.25, 0.3) is 0 Å². The van der Waals surface area contributed by atoms with Crippen molar-refractivity contribution >= 4 is 11.9 Å². The SMILES string of the molecule is CC(C(=O)O)N1CCNCC1C(N)=O. The molecule has 1 fully saturated rings. The van der Waals surface area contributed by atoms with E-state index in [0.717, 1.165) is 0 Å². The molecular weight excluding hydrogens is 186 g/mol. The second kappa shape index (κ2) is 4.39. The van der Waals surface area contributed by atoms with Crippen molar-refractivity contribution < 1.29 is 14.7 Å². The van der Waals surface area contributed by atoms with Crippen LogP contribution in [-0.2, 0) is 9.59 Å². The maximum absolute atomic E-state index is 11.0. The lowest BCUT2D eigenvalue weighted by Crippen LogP contribution is -2.60. The monoisotopic (exact) mass is 201 g/mol. The number of hydrogen-bond acceptors (Lipinski definition) is 4. The Morgan fingerprint density at radius 2 is 2.29 bits per heavy atom. The van der Waals surface area contributed by atoms with Gasteiger partial charge in [-0.15, -0.1) is 0 Å². The summed E-state index contributed by atoms with van der Waals surface area (Å²) in [7, 11) is 0. The normalized spacial score (nSPS) is 25.6. The minimum atomic E-state index is -0.932. The molecular formula is C8H15N3O3. The third-order valence-electron chi connectivity index (χ3n) is 2.47. The van der Waals surface area contributed by atoms with Gasteiger partial charge in [-0.25, -0.2) is 0 Å². The van der Waals surface area contributed by atoms with Gasteiger partial charge in [-0.3, -0.25) is 14.5 Å². The molecule has 0 aliphatic carbocycles. The molecule has 2 unspecified atom stereocenters. The average molecular weight is 201 g/mol. The van der Waals surface area contributed by atoms with Gasteiger partial charge in [0, 0.05) is 19.6 Å². The molecule has 0 aromatic heterocycles. The summed E-state index contributed by atoms with van der Waals surface area (Å²) in [4.78, 5) is 23.4. The summed E-state index contributed by atoms with van der Waals surface area (Å²) in [6, 6.07) is -1.19. The quantitative estimate of drug-likeness (QED) is 0.501. The number of nitrogens with zero attached hydrogens (tertiary/aromatic N) is 1. The van der Waals surface area contributed by atoms with E-state index in [1.807, 2.05) is 0 Å². The fraction of sp³-hybridized carbons (Fsp3) is 0.750. The van der Waals surface area contributed by atoms with E-state index in [9.17, 15) is 9.59 Å². The lowest BCUT2D eigenvalue weighted by Gasteiger charge is -2.36. The molecule has 0 spiro atoms. The second-order valence-corrected chi connectivity index (χ2v) is 3.37. The number of carboxylic acids is 1. The van der Waals surface area contributed by atoms with E-state index in [1.165, 1.54) is 0 Å². The maximum atomic E-state index is 11.0. The largest absolute Gasteiger partial charge is 0.480 e. The molecule has 80 valence electrons. The summed E-state index contributed by atoms with van der Waals surface area (Å²) in [6.45, 7) is 3.19. The second-order valence-electron chi connectivity index (χ2n) is 3.37. The first kappa shape index (κ1) is 10.9. The maximum Gasteiger partial charge on any atom is 0.320 e. The van der Waals surface area contributed by atoms with Crippen LogP contribution in [0.2, 0.25) is 0 Å². The Morgan fingerprint density at radius 3 is 2.79 bits per heavy atom. The van der Waals surface area contributed by atoms with E-state index in [-0.39, 0.29) is 0 Å². The Morgan fingerprint density at radius 1 is 1.64 bits per heavy atom. The van der Waals surface area contributed by atoms with Gasteiger partial charge in [-0.05, 0) is 6.92 Å². The first-order valence-corrected chi connectivity index (χ1v) is 4.52. The highest BCUT2D eigenvalue weighted by molar-refractivity contribution is 5.82. The molecule has 4 N–H and O–H groups in total. The minimum absolute atomic E-state index is 0.424.